The summed E-state index contributed by atoms with van der Waals surface area (Å²) in [5, 5.41) is 19.6. The van der Waals surface area contributed by atoms with E-state index in [4.69, 9.17) is 24.7 Å². The van der Waals surface area contributed by atoms with Gasteiger partial charge in [-0.15, -0.1) is 0 Å². The summed E-state index contributed by atoms with van der Waals surface area (Å²) < 4.78 is 39.8. The summed E-state index contributed by atoms with van der Waals surface area (Å²) in [7, 11) is -16.9. The first-order valence-corrected chi connectivity index (χ1v) is 41.8. The lowest BCUT2D eigenvalue weighted by atomic mass is 9.94. The number of hydrogen-bond acceptors (Lipinski definition) is 8. The average Bonchev–Trinajstić information content (AvgIpc) is 2.77. The van der Waals surface area contributed by atoms with E-state index in [-0.39, 0.29) is 0 Å². The Hall–Kier alpha value is -0.305. The van der Waals surface area contributed by atoms with Crippen molar-refractivity contribution in [2.45, 2.75) is 156 Å². The van der Waals surface area contributed by atoms with Gasteiger partial charge in [-0.1, -0.05) is 0 Å². The molecule has 8 nitrogen and oxygen atoms in total. The fraction of sp³-hybridized carbons (Fsp3) is 0.750. The highest BCUT2D eigenvalue weighted by molar-refractivity contribution is 6.90. The summed E-state index contributed by atoms with van der Waals surface area (Å²) in [5.41, 5.74) is 3.23. The maximum absolute atomic E-state index is 9.79. The third-order valence-electron chi connectivity index (χ3n) is 7.16. The van der Waals surface area contributed by atoms with Gasteiger partial charge in [0.05, 0.1) is 11.1 Å². The van der Waals surface area contributed by atoms with E-state index in [1.807, 2.05) is 12.1 Å². The molecular weight excluding hydrogens is 733 g/mol. The lowest BCUT2D eigenvalue weighted by Crippen LogP contribution is -2.55. The van der Waals surface area contributed by atoms with Gasteiger partial charge in [0.15, 0.2) is 33.3 Å². The fourth-order valence-corrected chi connectivity index (χ4v) is 43.9. The Morgan fingerprint density at radius 3 is 0.958 bits per heavy atom. The van der Waals surface area contributed by atoms with Gasteiger partial charge in [0.2, 0.25) is 0 Å². The van der Waals surface area contributed by atoms with Gasteiger partial charge in [-0.3, -0.25) is 0 Å². The van der Waals surface area contributed by atoms with Gasteiger partial charge in [0.1, 0.15) is 12.1 Å². The van der Waals surface area contributed by atoms with Crippen molar-refractivity contribution >= 4 is 67.5 Å². The van der Waals surface area contributed by atoms with Crippen LogP contribution in [0.15, 0.2) is 12.1 Å². The highest BCUT2D eigenvalue weighted by Gasteiger charge is 2.43. The van der Waals surface area contributed by atoms with Crippen LogP contribution in [0.25, 0.3) is 0 Å². The number of rotatable bonds is 20. The molecular formula is C32H68N2O6Si8. The van der Waals surface area contributed by atoms with Crippen molar-refractivity contribution in [2.75, 3.05) is 0 Å². The van der Waals surface area contributed by atoms with Gasteiger partial charge in [0.25, 0.3) is 0 Å². The maximum Gasteiger partial charge on any atom is 0.312 e. The molecule has 0 aromatic heterocycles. The molecule has 48 heavy (non-hydrogen) atoms. The molecule has 0 aliphatic carbocycles. The minimum atomic E-state index is -2.39. The SMILES string of the molecule is C[Si](C)(C)O[Si](C)(C)O[Si](C)(C)O[Si](C)(C)CCCc1cc(C#N)c(C#N)cc1CCC[Si](C)(C)O[Si](C)(C)O[Si](C)(C)O[Si](C)(C)C. The van der Waals surface area contributed by atoms with Crippen molar-refractivity contribution in [3.63, 3.8) is 0 Å². The molecule has 0 amide bonds. The minimum absolute atomic E-state index is 0.454. The Balaban J connectivity index is 2.99. The molecule has 0 aliphatic heterocycles. The van der Waals surface area contributed by atoms with Crippen LogP contribution in [0, 0.1) is 22.7 Å². The Morgan fingerprint density at radius 2 is 0.708 bits per heavy atom. The van der Waals surface area contributed by atoms with Crippen LogP contribution in [0.4, 0.5) is 0 Å². The first-order chi connectivity index (χ1) is 21.3. The van der Waals surface area contributed by atoms with E-state index >= 15 is 0 Å². The Kier molecular flexibility index (Phi) is 16.2. The van der Waals surface area contributed by atoms with Crippen molar-refractivity contribution in [3.05, 3.63) is 34.4 Å². The van der Waals surface area contributed by atoms with Crippen LogP contribution in [-0.2, 0) is 37.5 Å². The molecule has 0 N–H and O–H groups in total. The van der Waals surface area contributed by atoms with Crippen molar-refractivity contribution in [1.29, 1.82) is 10.5 Å². The Labute approximate surface area is 303 Å². The monoisotopic (exact) mass is 800 g/mol. The second kappa shape index (κ2) is 17.0. The quantitative estimate of drug-likeness (QED) is 0.120. The molecule has 0 unspecified atom stereocenters. The molecule has 1 aromatic rings. The second-order valence-electron chi connectivity index (χ2n) is 18.1. The lowest BCUT2D eigenvalue weighted by Gasteiger charge is -2.40. The predicted molar refractivity (Wildman–Crippen MR) is 220 cm³/mol. The van der Waals surface area contributed by atoms with Gasteiger partial charge < -0.3 is 24.7 Å². The molecule has 0 saturated carbocycles. The van der Waals surface area contributed by atoms with Crippen molar-refractivity contribution in [1.82, 2.24) is 0 Å². The van der Waals surface area contributed by atoms with Crippen molar-refractivity contribution in [3.8, 4) is 12.1 Å². The average molecular weight is 802 g/mol. The van der Waals surface area contributed by atoms with E-state index in [2.05, 4.69) is 130 Å². The highest BCUT2D eigenvalue weighted by Crippen LogP contribution is 2.30. The molecule has 0 heterocycles. The molecule has 0 spiro atoms. The summed E-state index contributed by atoms with van der Waals surface area (Å²) in [6.07, 6.45) is 3.61. The topological polar surface area (TPSA) is 103 Å². The van der Waals surface area contributed by atoms with Gasteiger partial charge in [-0.25, -0.2) is 0 Å². The fourth-order valence-electron chi connectivity index (χ4n) is 6.92. The van der Waals surface area contributed by atoms with Crippen molar-refractivity contribution in [2.24, 2.45) is 0 Å². The number of aryl methyl sites for hydroxylation is 2. The molecule has 1 aromatic carbocycles. The number of nitriles is 2. The molecule has 1 rings (SSSR count). The highest BCUT2D eigenvalue weighted by atomic mass is 28.5. The normalized spacial score (nSPS) is 14.2. The molecule has 274 valence electrons. The first-order valence-electron chi connectivity index (χ1n) is 17.5. The predicted octanol–water partition coefficient (Wildman–Crippen LogP) is 10.3. The molecule has 0 radical (unpaired) electrons. The number of hydrogen-bond donors (Lipinski definition) is 0. The Morgan fingerprint density at radius 1 is 0.438 bits per heavy atom. The van der Waals surface area contributed by atoms with E-state index in [1.165, 1.54) is 0 Å². The van der Waals surface area contributed by atoms with E-state index in [0.29, 0.717) is 11.1 Å². The summed E-state index contributed by atoms with van der Waals surface area (Å²) >= 11 is 0. The van der Waals surface area contributed by atoms with Gasteiger partial charge in [-0.05, 0) is 179 Å². The third-order valence-corrected chi connectivity index (χ3v) is 35.3. The summed E-state index contributed by atoms with van der Waals surface area (Å²) in [4.78, 5) is 0. The van der Waals surface area contributed by atoms with Crippen LogP contribution in [0.3, 0.4) is 0 Å². The molecule has 0 bridgehead atoms. The zero-order valence-corrected chi connectivity index (χ0v) is 41.7. The largest absolute Gasteiger partial charge is 0.437 e. The van der Waals surface area contributed by atoms with Crippen LogP contribution < -0.4 is 0 Å². The molecule has 0 atom stereocenters. The molecule has 16 heteroatoms. The van der Waals surface area contributed by atoms with Gasteiger partial charge in [-0.2, -0.15) is 10.5 Å². The standard InChI is InChI=1S/C32H68N2O6Si8/c1-41(2,3)35-45(11,12)39-47(15,16)37-43(7,8)23-19-21-29-25-31(27-33)32(28-34)26-30(29)22-20-24-44(9,10)38-48(17,18)40-46(13,14)36-42(4,5)6/h25-26H,19-24H2,1-18H3. The van der Waals surface area contributed by atoms with Crippen LogP contribution in [-0.4, -0.2) is 67.5 Å². The minimum Gasteiger partial charge on any atom is -0.437 e. The van der Waals surface area contributed by atoms with Crippen molar-refractivity contribution < 1.29 is 24.7 Å². The smallest absolute Gasteiger partial charge is 0.312 e. The Bertz CT molecular complexity index is 1210. The zero-order valence-electron chi connectivity index (χ0n) is 33.7. The van der Waals surface area contributed by atoms with E-state index < -0.39 is 67.5 Å². The van der Waals surface area contributed by atoms with Gasteiger partial charge >= 0.3 is 34.2 Å². The summed E-state index contributed by atoms with van der Waals surface area (Å²) in [6, 6.07) is 10.4. The molecule has 0 aliphatic rings. The summed E-state index contributed by atoms with van der Waals surface area (Å²) in [5.74, 6) is 0. The molecule has 0 saturated heterocycles. The third kappa shape index (κ3) is 18.8. The number of benzene rings is 1. The number of nitrogens with zero attached hydrogens (tertiary/aromatic N) is 2. The molecule has 0 fully saturated rings. The van der Waals surface area contributed by atoms with Crippen LogP contribution in [0.2, 0.25) is 130 Å². The summed E-state index contributed by atoms with van der Waals surface area (Å²) in [6.45, 7) is 39.5. The van der Waals surface area contributed by atoms with Crippen LogP contribution in [0.1, 0.15) is 35.1 Å². The van der Waals surface area contributed by atoms with E-state index in [0.717, 1.165) is 48.9 Å². The van der Waals surface area contributed by atoms with E-state index in [1.54, 1.807) is 0 Å². The van der Waals surface area contributed by atoms with Crippen LogP contribution in [0.5, 0.6) is 0 Å². The van der Waals surface area contributed by atoms with Crippen LogP contribution >= 0.6 is 0 Å². The maximum atomic E-state index is 9.79. The second-order valence-corrected chi connectivity index (χ2v) is 50.6. The zero-order chi connectivity index (χ0) is 37.6. The first kappa shape index (κ1) is 45.7. The van der Waals surface area contributed by atoms with Gasteiger partial charge in [0, 0.05) is 0 Å². The lowest BCUT2D eigenvalue weighted by molar-refractivity contribution is 0.327. The van der Waals surface area contributed by atoms with E-state index in [9.17, 15) is 10.5 Å².